The quantitative estimate of drug-likeness (QED) is 0.288. The Kier molecular flexibility index (Phi) is 22.0. The molecule has 18 heavy (non-hydrogen) atoms. The maximum absolute atomic E-state index is 10.6. The van der Waals surface area contributed by atoms with Gasteiger partial charge in [0.25, 0.3) is 7.82 Å². The monoisotopic (exact) mass is 328 g/mol. The molecule has 0 spiro atoms. The minimum absolute atomic E-state index is 0. The van der Waals surface area contributed by atoms with Gasteiger partial charge in [0.15, 0.2) is 0 Å². The molecule has 0 aromatic carbocycles. The minimum atomic E-state index is -5.63. The van der Waals surface area contributed by atoms with E-state index >= 15 is 0 Å². The fraction of sp³-hybridized carbons (Fsp3) is 0.600. The number of phosphoric ester groups is 1. The smallest absolute Gasteiger partial charge is 0.790 e. The third-order valence-corrected chi connectivity index (χ3v) is 3.18. The van der Waals surface area contributed by atoms with E-state index in [2.05, 4.69) is 8.83 Å². The first-order valence-electron chi connectivity index (χ1n) is 3.62. The van der Waals surface area contributed by atoms with Crippen molar-refractivity contribution in [3.63, 3.8) is 0 Å². The molecule has 0 fully saturated rings. The standard InChI is InChI=1S/C5H12O8P2.3Na/c1-5(4-6)2-3-12-15(10,11)13-14(7,8)9;;;/h2,6H,3-4H2,1H3,(H,10,11)(H2,7,8,9);;;/q;3*+1/p-3/b5-2+;;;. The average molecular weight is 328 g/mol. The molecule has 0 heterocycles. The van der Waals surface area contributed by atoms with E-state index in [9.17, 15) is 23.8 Å². The molecule has 0 aliphatic carbocycles. The van der Waals surface area contributed by atoms with E-state index < -0.39 is 22.3 Å². The Balaban J connectivity index is -0.000000327. The van der Waals surface area contributed by atoms with Gasteiger partial charge in [0.1, 0.15) is 0 Å². The van der Waals surface area contributed by atoms with Crippen LogP contribution in [0.2, 0.25) is 0 Å². The van der Waals surface area contributed by atoms with Gasteiger partial charge in [-0.15, -0.1) is 0 Å². The van der Waals surface area contributed by atoms with Crippen molar-refractivity contribution < 1.29 is 126 Å². The van der Waals surface area contributed by atoms with Crippen molar-refractivity contribution in [3.05, 3.63) is 11.6 Å². The Hall–Kier alpha value is 2.96. The summed E-state index contributed by atoms with van der Waals surface area (Å²) in [6.45, 7) is 0.675. The Bertz CT molecular complexity index is 329. The summed E-state index contributed by atoms with van der Waals surface area (Å²) in [7, 11) is -10.8. The van der Waals surface area contributed by atoms with Gasteiger partial charge in [-0.25, -0.2) is 0 Å². The Morgan fingerprint density at radius 2 is 1.67 bits per heavy atom. The van der Waals surface area contributed by atoms with Gasteiger partial charge in [0, 0.05) is 0 Å². The van der Waals surface area contributed by atoms with E-state index in [1.807, 2.05) is 0 Å². The molecule has 13 heteroatoms. The molecule has 1 atom stereocenters. The normalized spacial score (nSPS) is 14.6. The van der Waals surface area contributed by atoms with Crippen LogP contribution in [0.4, 0.5) is 0 Å². The van der Waals surface area contributed by atoms with Crippen molar-refractivity contribution in [2.75, 3.05) is 13.2 Å². The molecule has 90 valence electrons. The van der Waals surface area contributed by atoms with Gasteiger partial charge in [-0.1, -0.05) is 6.08 Å². The molecular weight excluding hydrogens is 319 g/mol. The van der Waals surface area contributed by atoms with E-state index in [-0.39, 0.29) is 95.3 Å². The molecule has 0 aliphatic rings. The zero-order valence-corrected chi connectivity index (χ0v) is 18.5. The molecule has 0 radical (unpaired) electrons. The summed E-state index contributed by atoms with van der Waals surface area (Å²) < 4.78 is 27.7. The second kappa shape index (κ2) is 13.6. The summed E-state index contributed by atoms with van der Waals surface area (Å²) in [6.07, 6.45) is 1.19. The van der Waals surface area contributed by atoms with Crippen molar-refractivity contribution in [3.8, 4) is 0 Å². The van der Waals surface area contributed by atoms with Crippen LogP contribution in [0.25, 0.3) is 0 Å². The topological polar surface area (TPSA) is 142 Å². The van der Waals surface area contributed by atoms with Crippen molar-refractivity contribution in [2.24, 2.45) is 0 Å². The van der Waals surface area contributed by atoms with Gasteiger partial charge < -0.3 is 28.9 Å². The fourth-order valence-electron chi connectivity index (χ4n) is 0.481. The summed E-state index contributed by atoms with van der Waals surface area (Å²) in [4.78, 5) is 30.5. The SMILES string of the molecule is C/C(=C\COP(=O)([O-])OP(=O)([O-])[O-])CO.[Na+].[Na+].[Na+]. The molecule has 0 rings (SSSR count). The number of hydrogen-bond donors (Lipinski definition) is 1. The van der Waals surface area contributed by atoms with E-state index in [1.165, 1.54) is 13.0 Å². The molecule has 0 saturated carbocycles. The van der Waals surface area contributed by atoms with Gasteiger partial charge >= 0.3 is 88.7 Å². The van der Waals surface area contributed by atoms with Crippen LogP contribution in [0.15, 0.2) is 11.6 Å². The first kappa shape index (κ1) is 29.0. The molecule has 0 aromatic rings. The van der Waals surface area contributed by atoms with Crippen LogP contribution in [0.5, 0.6) is 0 Å². The van der Waals surface area contributed by atoms with E-state index in [1.54, 1.807) is 0 Å². The van der Waals surface area contributed by atoms with E-state index in [0.717, 1.165) is 0 Å². The Labute approximate surface area is 171 Å². The minimum Gasteiger partial charge on any atom is -0.790 e. The Morgan fingerprint density at radius 3 is 2.00 bits per heavy atom. The second-order valence-electron chi connectivity index (χ2n) is 2.48. The number of hydrogen-bond acceptors (Lipinski definition) is 8. The summed E-state index contributed by atoms with van der Waals surface area (Å²) in [5.41, 5.74) is 0.419. The van der Waals surface area contributed by atoms with Gasteiger partial charge in [0.05, 0.1) is 21.0 Å². The molecular formula is C5H9Na3O8P2. The predicted molar refractivity (Wildman–Crippen MR) is 43.1 cm³/mol. The molecule has 1 unspecified atom stereocenters. The van der Waals surface area contributed by atoms with Crippen molar-refractivity contribution in [2.45, 2.75) is 6.92 Å². The number of phosphoric acid groups is 2. The molecule has 0 saturated heterocycles. The summed E-state index contributed by atoms with van der Waals surface area (Å²) >= 11 is 0. The first-order valence-corrected chi connectivity index (χ1v) is 6.54. The molecule has 0 bridgehead atoms. The van der Waals surface area contributed by atoms with Gasteiger partial charge in [-0.2, -0.15) is 0 Å². The summed E-state index contributed by atoms with van der Waals surface area (Å²) in [6, 6.07) is 0. The maximum Gasteiger partial charge on any atom is 1.00 e. The second-order valence-corrected chi connectivity index (χ2v) is 5.18. The van der Waals surface area contributed by atoms with Gasteiger partial charge in [-0.05, 0) is 12.5 Å². The van der Waals surface area contributed by atoms with Crippen LogP contribution in [-0.2, 0) is 18.0 Å². The van der Waals surface area contributed by atoms with Crippen LogP contribution in [0, 0.1) is 0 Å². The largest absolute Gasteiger partial charge is 1.00 e. The molecule has 0 aromatic heterocycles. The third-order valence-electron chi connectivity index (χ3n) is 1.11. The molecule has 0 aliphatic heterocycles. The number of rotatable bonds is 6. The van der Waals surface area contributed by atoms with E-state index in [0.29, 0.717) is 5.57 Å². The van der Waals surface area contributed by atoms with Gasteiger partial charge in [-0.3, -0.25) is 8.88 Å². The zero-order valence-electron chi connectivity index (χ0n) is 10.7. The van der Waals surface area contributed by atoms with Crippen molar-refractivity contribution in [1.82, 2.24) is 0 Å². The molecule has 8 nitrogen and oxygen atoms in total. The predicted octanol–water partition coefficient (Wildman–Crippen LogP) is -10.7. The van der Waals surface area contributed by atoms with Crippen LogP contribution >= 0.6 is 15.6 Å². The average Bonchev–Trinajstić information content (AvgIpc) is 1.98. The van der Waals surface area contributed by atoms with Crippen LogP contribution in [-0.4, -0.2) is 18.3 Å². The van der Waals surface area contributed by atoms with E-state index in [4.69, 9.17) is 5.11 Å². The van der Waals surface area contributed by atoms with Crippen LogP contribution in [0.1, 0.15) is 6.92 Å². The first-order chi connectivity index (χ1) is 6.66. The summed E-state index contributed by atoms with van der Waals surface area (Å²) in [5.74, 6) is 0. The third kappa shape index (κ3) is 19.0. The Morgan fingerprint density at radius 1 is 1.22 bits per heavy atom. The van der Waals surface area contributed by atoms with Crippen molar-refractivity contribution >= 4 is 15.6 Å². The maximum atomic E-state index is 10.6. The van der Waals surface area contributed by atoms with Crippen molar-refractivity contribution in [1.29, 1.82) is 0 Å². The number of aliphatic hydroxyl groups is 1. The fourth-order valence-corrected chi connectivity index (χ4v) is 1.91. The molecule has 1 N–H and O–H groups in total. The summed E-state index contributed by atoms with van der Waals surface area (Å²) in [5, 5.41) is 8.50. The van der Waals surface area contributed by atoms with Crippen LogP contribution < -0.4 is 103 Å². The zero-order chi connectivity index (χ0) is 12.1. The molecule has 0 amide bonds. The number of aliphatic hydroxyl groups excluding tert-OH is 1. The van der Waals surface area contributed by atoms with Gasteiger partial charge in [0.2, 0.25) is 0 Å². The van der Waals surface area contributed by atoms with Crippen LogP contribution in [0.3, 0.4) is 0 Å².